The van der Waals surface area contributed by atoms with Crippen LogP contribution in [0.25, 0.3) is 0 Å². The van der Waals surface area contributed by atoms with E-state index in [9.17, 15) is 19.4 Å². The fourth-order valence-corrected chi connectivity index (χ4v) is 6.99. The SMILES string of the molecule is CC/C=C\C/C=C\C/C=C\C/C=C\C/C=C\C/C=C\C/C=C\CCCCCCCCCCCC(=O)NC(COP(=O)(O)OCC[N+](C)(C)C)C(O)/C=C/CCCCCCCC. The van der Waals surface area contributed by atoms with Crippen molar-refractivity contribution in [2.75, 3.05) is 40.9 Å². The first-order valence-corrected chi connectivity index (χ1v) is 25.6. The summed E-state index contributed by atoms with van der Waals surface area (Å²) in [4.78, 5) is 23.1. The summed E-state index contributed by atoms with van der Waals surface area (Å²) in [7, 11) is 1.55. The molecule has 9 heteroatoms. The number of aliphatic hydroxyl groups excluding tert-OH is 1. The summed E-state index contributed by atoms with van der Waals surface area (Å²) in [5.74, 6) is -0.192. The van der Waals surface area contributed by atoms with Crippen LogP contribution >= 0.6 is 7.82 Å². The van der Waals surface area contributed by atoms with E-state index in [2.05, 4.69) is 104 Å². The summed E-state index contributed by atoms with van der Waals surface area (Å²) >= 11 is 0. The average molecular weight is 872 g/mol. The molecule has 0 saturated heterocycles. The molecule has 0 bridgehead atoms. The maximum Gasteiger partial charge on any atom is 0.472 e. The molecule has 0 radical (unpaired) electrons. The molecule has 3 atom stereocenters. The molecule has 0 aromatic rings. The van der Waals surface area contributed by atoms with E-state index in [0.29, 0.717) is 17.4 Å². The minimum absolute atomic E-state index is 0.0550. The topological polar surface area (TPSA) is 105 Å². The van der Waals surface area contributed by atoms with Gasteiger partial charge in [-0.1, -0.05) is 188 Å². The molecule has 0 aliphatic heterocycles. The van der Waals surface area contributed by atoms with Crippen LogP contribution in [0.15, 0.2) is 97.2 Å². The number of rotatable bonds is 42. The fourth-order valence-electron chi connectivity index (χ4n) is 6.25. The van der Waals surface area contributed by atoms with Crippen LogP contribution in [0.2, 0.25) is 0 Å². The van der Waals surface area contributed by atoms with Gasteiger partial charge in [0.2, 0.25) is 5.91 Å². The third-order valence-corrected chi connectivity index (χ3v) is 11.0. The van der Waals surface area contributed by atoms with Crippen LogP contribution in [0.4, 0.5) is 0 Å². The molecule has 3 unspecified atom stereocenters. The van der Waals surface area contributed by atoms with Gasteiger partial charge in [0.25, 0.3) is 0 Å². The first kappa shape index (κ1) is 58.4. The van der Waals surface area contributed by atoms with Crippen molar-refractivity contribution in [1.29, 1.82) is 0 Å². The summed E-state index contributed by atoms with van der Waals surface area (Å²) in [6.07, 6.45) is 60.7. The van der Waals surface area contributed by atoms with Gasteiger partial charge in [0, 0.05) is 6.42 Å². The lowest BCUT2D eigenvalue weighted by Crippen LogP contribution is -2.45. The smallest absolute Gasteiger partial charge is 0.387 e. The Hall–Kier alpha value is -2.58. The molecule has 0 aromatic carbocycles. The number of likely N-dealkylation sites (N-methyl/N-ethyl adjacent to an activating group) is 1. The lowest BCUT2D eigenvalue weighted by Gasteiger charge is -2.25. The number of nitrogens with zero attached hydrogens (tertiary/aromatic N) is 1. The molecule has 3 N–H and O–H groups in total. The van der Waals surface area contributed by atoms with E-state index in [1.807, 2.05) is 27.2 Å². The minimum Gasteiger partial charge on any atom is -0.387 e. The number of carbonyl (C=O) groups excluding carboxylic acids is 1. The molecule has 0 spiro atoms. The second-order valence-corrected chi connectivity index (χ2v) is 18.6. The van der Waals surface area contributed by atoms with E-state index in [1.54, 1.807) is 6.08 Å². The van der Waals surface area contributed by atoms with Gasteiger partial charge in [-0.2, -0.15) is 0 Å². The second kappa shape index (κ2) is 42.7. The zero-order chi connectivity index (χ0) is 45.0. The second-order valence-electron chi connectivity index (χ2n) is 17.1. The molecular weight excluding hydrogens is 780 g/mol. The highest BCUT2D eigenvalue weighted by Gasteiger charge is 2.27. The lowest BCUT2D eigenvalue weighted by atomic mass is 10.0. The molecule has 0 aliphatic rings. The van der Waals surface area contributed by atoms with Gasteiger partial charge in [0.1, 0.15) is 13.2 Å². The fraction of sp³-hybridized carbons (Fsp3) is 0.673. The molecule has 0 rings (SSSR count). The van der Waals surface area contributed by atoms with Crippen molar-refractivity contribution in [2.45, 2.75) is 187 Å². The maximum atomic E-state index is 12.8. The van der Waals surface area contributed by atoms with Crippen molar-refractivity contribution < 1.29 is 32.9 Å². The Labute approximate surface area is 375 Å². The minimum atomic E-state index is -4.34. The van der Waals surface area contributed by atoms with E-state index in [-0.39, 0.29) is 19.1 Å². The predicted molar refractivity (Wildman–Crippen MR) is 262 cm³/mol. The third kappa shape index (κ3) is 45.3. The average Bonchev–Trinajstić information content (AvgIpc) is 3.21. The summed E-state index contributed by atoms with van der Waals surface area (Å²) in [6.45, 7) is 4.62. The quantitative estimate of drug-likeness (QED) is 0.0244. The Morgan fingerprint density at radius 3 is 1.44 bits per heavy atom. The van der Waals surface area contributed by atoms with Crippen LogP contribution < -0.4 is 5.32 Å². The van der Waals surface area contributed by atoms with Gasteiger partial charge in [-0.15, -0.1) is 0 Å². The van der Waals surface area contributed by atoms with Crippen molar-refractivity contribution in [2.24, 2.45) is 0 Å². The molecular formula is C52H92N2O6P+. The molecule has 61 heavy (non-hydrogen) atoms. The molecule has 0 aromatic heterocycles. The third-order valence-electron chi connectivity index (χ3n) is 10.1. The van der Waals surface area contributed by atoms with Crippen LogP contribution in [0.1, 0.15) is 174 Å². The highest BCUT2D eigenvalue weighted by molar-refractivity contribution is 7.47. The molecule has 0 fully saturated rings. The van der Waals surface area contributed by atoms with Crippen molar-refractivity contribution in [1.82, 2.24) is 5.32 Å². The largest absolute Gasteiger partial charge is 0.472 e. The maximum absolute atomic E-state index is 12.8. The normalized spacial score (nSPS) is 15.1. The number of nitrogens with one attached hydrogen (secondary N) is 1. The highest BCUT2D eigenvalue weighted by atomic mass is 31.2. The first-order valence-electron chi connectivity index (χ1n) is 24.1. The van der Waals surface area contributed by atoms with E-state index in [4.69, 9.17) is 9.05 Å². The number of phosphoric acid groups is 1. The number of carbonyl (C=O) groups is 1. The summed E-state index contributed by atoms with van der Waals surface area (Å²) in [6, 6.07) is -0.853. The number of phosphoric ester groups is 1. The van der Waals surface area contributed by atoms with Crippen LogP contribution in [0.5, 0.6) is 0 Å². The number of hydrogen-bond acceptors (Lipinski definition) is 5. The number of hydrogen-bond donors (Lipinski definition) is 3. The van der Waals surface area contributed by atoms with Crippen molar-refractivity contribution in [3.05, 3.63) is 97.2 Å². The Bertz CT molecular complexity index is 1310. The van der Waals surface area contributed by atoms with E-state index in [1.165, 1.54) is 64.2 Å². The molecule has 350 valence electrons. The van der Waals surface area contributed by atoms with Gasteiger partial charge in [0.05, 0.1) is 39.9 Å². The molecule has 1 amide bonds. The van der Waals surface area contributed by atoms with Gasteiger partial charge < -0.3 is 19.8 Å². The summed E-state index contributed by atoms with van der Waals surface area (Å²) in [5, 5.41) is 13.7. The van der Waals surface area contributed by atoms with Crippen molar-refractivity contribution in [3.8, 4) is 0 Å². The van der Waals surface area contributed by atoms with Crippen LogP contribution in [-0.4, -0.2) is 73.4 Å². The number of amides is 1. The van der Waals surface area contributed by atoms with Gasteiger partial charge in [-0.25, -0.2) is 4.57 Å². The van der Waals surface area contributed by atoms with Crippen LogP contribution in [0, 0.1) is 0 Å². The zero-order valence-corrected chi connectivity index (χ0v) is 40.5. The highest BCUT2D eigenvalue weighted by Crippen LogP contribution is 2.43. The van der Waals surface area contributed by atoms with Crippen LogP contribution in [0.3, 0.4) is 0 Å². The number of allylic oxidation sites excluding steroid dienone is 15. The number of unbranched alkanes of at least 4 members (excludes halogenated alkanes) is 15. The van der Waals surface area contributed by atoms with Crippen LogP contribution in [-0.2, 0) is 18.4 Å². The Morgan fingerprint density at radius 1 is 0.574 bits per heavy atom. The molecule has 8 nitrogen and oxygen atoms in total. The number of quaternary nitrogens is 1. The monoisotopic (exact) mass is 872 g/mol. The van der Waals surface area contributed by atoms with Gasteiger partial charge in [-0.3, -0.25) is 13.8 Å². The molecule has 0 saturated carbocycles. The standard InChI is InChI=1S/C52H91N2O6P/c1-6-8-10-12-14-16-17-18-19-20-21-22-23-24-25-26-27-28-29-30-31-32-33-34-35-36-37-38-40-42-44-46-52(56)53-50(49-60-61(57,58)59-48-47-54(3,4)5)51(55)45-43-41-39-15-13-11-9-7-2/h8,10,14,16,18-19,21-22,24-25,27-28,30-31,43,45,50-51,55H,6-7,9,11-13,15,17,20,23,26,29,32-42,44,46-49H2,1-5H3,(H-,53,56,57,58)/p+1/b10-8-,16-14-,19-18-,22-21-,25-24-,28-27-,31-30-,45-43+. The number of aliphatic hydroxyl groups is 1. The van der Waals surface area contributed by atoms with Gasteiger partial charge >= 0.3 is 7.82 Å². The van der Waals surface area contributed by atoms with E-state index < -0.39 is 20.0 Å². The molecule has 0 aliphatic carbocycles. The van der Waals surface area contributed by atoms with Crippen molar-refractivity contribution in [3.63, 3.8) is 0 Å². The van der Waals surface area contributed by atoms with Gasteiger partial charge in [0.15, 0.2) is 0 Å². The van der Waals surface area contributed by atoms with E-state index >= 15 is 0 Å². The Balaban J connectivity index is 4.13. The summed E-state index contributed by atoms with van der Waals surface area (Å²) < 4.78 is 23.5. The summed E-state index contributed by atoms with van der Waals surface area (Å²) in [5.41, 5.74) is 0. The predicted octanol–water partition coefficient (Wildman–Crippen LogP) is 13.9. The zero-order valence-electron chi connectivity index (χ0n) is 39.6. The van der Waals surface area contributed by atoms with E-state index in [0.717, 1.165) is 89.9 Å². The Morgan fingerprint density at radius 2 is 0.984 bits per heavy atom. The lowest BCUT2D eigenvalue weighted by molar-refractivity contribution is -0.870. The molecule has 0 heterocycles. The first-order chi connectivity index (χ1) is 29.5. The van der Waals surface area contributed by atoms with Crippen molar-refractivity contribution >= 4 is 13.7 Å². The Kier molecular flexibility index (Phi) is 40.9. The van der Waals surface area contributed by atoms with Gasteiger partial charge in [-0.05, 0) is 77.0 Å².